The molecular weight excluding hydrogens is 254 g/mol. The first-order valence-electron chi connectivity index (χ1n) is 5.25. The van der Waals surface area contributed by atoms with Crippen molar-refractivity contribution < 1.29 is 14.7 Å². The Morgan fingerprint density at radius 2 is 2.32 bits per heavy atom. The molecule has 0 aliphatic rings. The van der Waals surface area contributed by atoms with Gasteiger partial charge < -0.3 is 21.1 Å². The number of hydrogen-bond acceptors (Lipinski definition) is 6. The molecule has 0 aromatic carbocycles. The molecule has 2 aromatic rings. The maximum absolute atomic E-state index is 11.7. The lowest BCUT2D eigenvalue weighted by atomic mass is 10.1. The number of anilines is 1. The third-order valence-corrected chi connectivity index (χ3v) is 2.30. The van der Waals surface area contributed by atoms with Gasteiger partial charge in [0.25, 0.3) is 5.91 Å². The van der Waals surface area contributed by atoms with Crippen molar-refractivity contribution >= 4 is 17.8 Å². The average Bonchev–Trinajstić information content (AvgIpc) is 2.99. The number of nitrogen functional groups attached to an aromatic ring is 1. The van der Waals surface area contributed by atoms with Crippen molar-refractivity contribution in [1.82, 2.24) is 30.5 Å². The summed E-state index contributed by atoms with van der Waals surface area (Å²) in [6.07, 6.45) is 2.98. The summed E-state index contributed by atoms with van der Waals surface area (Å²) in [5.41, 5.74) is 5.84. The Morgan fingerprint density at radius 1 is 1.53 bits per heavy atom. The minimum absolute atomic E-state index is 0.0741. The predicted octanol–water partition coefficient (Wildman–Crippen LogP) is -1.46. The van der Waals surface area contributed by atoms with Gasteiger partial charge in [0.05, 0.1) is 6.33 Å². The van der Waals surface area contributed by atoms with Gasteiger partial charge in [-0.15, -0.1) is 5.10 Å². The summed E-state index contributed by atoms with van der Waals surface area (Å²) >= 11 is 0. The van der Waals surface area contributed by atoms with Gasteiger partial charge in [-0.05, 0) is 0 Å². The molecule has 1 amide bonds. The first-order chi connectivity index (χ1) is 9.06. The van der Waals surface area contributed by atoms with Crippen LogP contribution in [0.1, 0.15) is 16.3 Å². The molecule has 2 aromatic heterocycles. The highest BCUT2D eigenvalue weighted by molar-refractivity contribution is 5.93. The van der Waals surface area contributed by atoms with Gasteiger partial charge >= 0.3 is 5.97 Å². The maximum atomic E-state index is 11.7. The molecule has 10 heteroatoms. The highest BCUT2D eigenvalue weighted by Gasteiger charge is 2.23. The number of carboxylic acid groups (broad SMARTS) is 1. The number of H-pyrrole nitrogens is 2. The van der Waals surface area contributed by atoms with Crippen LogP contribution in [0.5, 0.6) is 0 Å². The lowest BCUT2D eigenvalue weighted by molar-refractivity contribution is -0.139. The fourth-order valence-corrected chi connectivity index (χ4v) is 1.42. The molecule has 100 valence electrons. The van der Waals surface area contributed by atoms with Crippen LogP contribution < -0.4 is 11.1 Å². The topological polar surface area (TPSA) is 163 Å². The summed E-state index contributed by atoms with van der Waals surface area (Å²) < 4.78 is 0. The van der Waals surface area contributed by atoms with Gasteiger partial charge in [-0.2, -0.15) is 4.98 Å². The van der Waals surface area contributed by atoms with E-state index in [1.165, 1.54) is 12.5 Å². The molecule has 0 aliphatic heterocycles. The van der Waals surface area contributed by atoms with Crippen molar-refractivity contribution in [2.45, 2.75) is 12.5 Å². The van der Waals surface area contributed by atoms with E-state index in [-0.39, 0.29) is 18.2 Å². The summed E-state index contributed by atoms with van der Waals surface area (Å²) in [5.74, 6) is -2.11. The number of imidazole rings is 1. The fraction of sp³-hybridized carbons (Fsp3) is 0.222. The first kappa shape index (κ1) is 12.5. The molecule has 0 saturated carbocycles. The van der Waals surface area contributed by atoms with Crippen LogP contribution in [-0.4, -0.2) is 48.2 Å². The molecule has 0 spiro atoms. The van der Waals surface area contributed by atoms with Crippen LogP contribution in [0.15, 0.2) is 12.5 Å². The molecule has 0 radical (unpaired) electrons. The zero-order valence-corrected chi connectivity index (χ0v) is 9.62. The van der Waals surface area contributed by atoms with Crippen LogP contribution in [-0.2, 0) is 11.2 Å². The van der Waals surface area contributed by atoms with Crippen LogP contribution in [0.25, 0.3) is 0 Å². The number of nitrogens with zero attached hydrogens (tertiary/aromatic N) is 3. The van der Waals surface area contributed by atoms with E-state index in [9.17, 15) is 9.59 Å². The highest BCUT2D eigenvalue weighted by Crippen LogP contribution is 2.01. The molecule has 0 unspecified atom stereocenters. The molecule has 0 bridgehead atoms. The molecule has 0 aliphatic carbocycles. The van der Waals surface area contributed by atoms with Gasteiger partial charge in [0.1, 0.15) is 6.04 Å². The Labute approximate surface area is 106 Å². The van der Waals surface area contributed by atoms with Crippen LogP contribution in [0.2, 0.25) is 0 Å². The molecule has 2 rings (SSSR count). The molecular formula is C9H11N7O3. The Hall–Kier alpha value is -2.91. The number of aliphatic carboxylic acids is 1. The Morgan fingerprint density at radius 3 is 2.84 bits per heavy atom. The number of aromatic amines is 2. The van der Waals surface area contributed by atoms with E-state index >= 15 is 0 Å². The molecule has 6 N–H and O–H groups in total. The van der Waals surface area contributed by atoms with Crippen molar-refractivity contribution in [1.29, 1.82) is 0 Å². The van der Waals surface area contributed by atoms with E-state index in [1.54, 1.807) is 0 Å². The van der Waals surface area contributed by atoms with Crippen molar-refractivity contribution in [2.24, 2.45) is 0 Å². The normalized spacial score (nSPS) is 12.0. The number of nitrogens with one attached hydrogen (secondary N) is 3. The number of carbonyl (C=O) groups excluding carboxylic acids is 1. The zero-order chi connectivity index (χ0) is 13.8. The lowest BCUT2D eigenvalue weighted by Crippen LogP contribution is -2.42. The van der Waals surface area contributed by atoms with Gasteiger partial charge in [0, 0.05) is 18.3 Å². The van der Waals surface area contributed by atoms with E-state index in [0.717, 1.165) is 0 Å². The second kappa shape index (κ2) is 5.16. The van der Waals surface area contributed by atoms with Crippen molar-refractivity contribution in [3.8, 4) is 0 Å². The molecule has 1 atom stereocenters. The minimum atomic E-state index is -1.17. The van der Waals surface area contributed by atoms with Gasteiger partial charge in [0.2, 0.25) is 11.8 Å². The number of hydrogen-bond donors (Lipinski definition) is 5. The van der Waals surface area contributed by atoms with Crippen molar-refractivity contribution in [3.05, 3.63) is 24.0 Å². The average molecular weight is 265 g/mol. The van der Waals surface area contributed by atoms with E-state index < -0.39 is 17.9 Å². The van der Waals surface area contributed by atoms with Crippen LogP contribution >= 0.6 is 0 Å². The third kappa shape index (κ3) is 3.06. The largest absolute Gasteiger partial charge is 0.480 e. The Kier molecular flexibility index (Phi) is 3.41. The summed E-state index contributed by atoms with van der Waals surface area (Å²) in [6.45, 7) is 0. The summed E-state index contributed by atoms with van der Waals surface area (Å²) in [7, 11) is 0. The molecule has 2 heterocycles. The first-order valence-corrected chi connectivity index (χ1v) is 5.25. The number of carbonyl (C=O) groups is 2. The quantitative estimate of drug-likeness (QED) is 0.440. The maximum Gasteiger partial charge on any atom is 0.326 e. The van der Waals surface area contributed by atoms with E-state index in [1.807, 2.05) is 0 Å². The minimum Gasteiger partial charge on any atom is -0.480 e. The SMILES string of the molecule is Nc1n[nH]c(C(=O)N[C@@H](Cc2cnc[nH]2)C(=O)O)n1. The second-order valence-electron chi connectivity index (χ2n) is 3.69. The molecule has 10 nitrogen and oxygen atoms in total. The zero-order valence-electron chi connectivity index (χ0n) is 9.62. The highest BCUT2D eigenvalue weighted by atomic mass is 16.4. The summed E-state index contributed by atoms with van der Waals surface area (Å²) in [4.78, 5) is 32.9. The molecule has 0 fully saturated rings. The van der Waals surface area contributed by atoms with E-state index in [0.29, 0.717) is 5.69 Å². The summed E-state index contributed by atoms with van der Waals surface area (Å²) in [5, 5.41) is 17.1. The number of amides is 1. The molecule has 0 saturated heterocycles. The standard InChI is InChI=1S/C9H11N7O3/c10-9-14-6(15-16-9)7(17)13-5(8(18)19)1-4-2-11-3-12-4/h2-3,5H,1H2,(H,11,12)(H,13,17)(H,18,19)(H3,10,14,15,16)/t5-/m0/s1. The van der Waals surface area contributed by atoms with Gasteiger partial charge in [0.15, 0.2) is 0 Å². The van der Waals surface area contributed by atoms with Crippen LogP contribution in [0.4, 0.5) is 5.95 Å². The van der Waals surface area contributed by atoms with Gasteiger partial charge in [-0.3, -0.25) is 9.89 Å². The number of nitrogens with two attached hydrogens (primary N) is 1. The third-order valence-electron chi connectivity index (χ3n) is 2.30. The predicted molar refractivity (Wildman–Crippen MR) is 62.0 cm³/mol. The lowest BCUT2D eigenvalue weighted by Gasteiger charge is -2.12. The molecule has 19 heavy (non-hydrogen) atoms. The fourth-order valence-electron chi connectivity index (χ4n) is 1.42. The van der Waals surface area contributed by atoms with Crippen LogP contribution in [0, 0.1) is 0 Å². The van der Waals surface area contributed by atoms with Crippen molar-refractivity contribution in [2.75, 3.05) is 5.73 Å². The second-order valence-corrected chi connectivity index (χ2v) is 3.69. The number of carboxylic acids is 1. The number of rotatable bonds is 5. The van der Waals surface area contributed by atoms with E-state index in [4.69, 9.17) is 10.8 Å². The Bertz CT molecular complexity index is 576. The van der Waals surface area contributed by atoms with Crippen LogP contribution in [0.3, 0.4) is 0 Å². The summed E-state index contributed by atoms with van der Waals surface area (Å²) in [6, 6.07) is -1.11. The van der Waals surface area contributed by atoms with E-state index in [2.05, 4.69) is 30.5 Å². The number of aromatic nitrogens is 5. The van der Waals surface area contributed by atoms with Gasteiger partial charge in [-0.25, -0.2) is 9.78 Å². The monoisotopic (exact) mass is 265 g/mol. The van der Waals surface area contributed by atoms with Crippen molar-refractivity contribution in [3.63, 3.8) is 0 Å². The Balaban J connectivity index is 2.04. The van der Waals surface area contributed by atoms with Gasteiger partial charge in [-0.1, -0.05) is 0 Å². The smallest absolute Gasteiger partial charge is 0.326 e.